The van der Waals surface area contributed by atoms with Gasteiger partial charge in [-0.3, -0.25) is 4.79 Å². The molecule has 1 heterocycles. The Bertz CT molecular complexity index is 539. The summed E-state index contributed by atoms with van der Waals surface area (Å²) < 4.78 is 6.53. The van der Waals surface area contributed by atoms with Gasteiger partial charge in [0.1, 0.15) is 5.75 Å². The number of carbonyl (C=O) groups is 1. The molecular formula is C16H22BrClN2O2. The van der Waals surface area contributed by atoms with Crippen LogP contribution < -0.4 is 10.5 Å². The van der Waals surface area contributed by atoms with Crippen LogP contribution in [0.15, 0.2) is 22.7 Å². The summed E-state index contributed by atoms with van der Waals surface area (Å²) in [5, 5.41) is 0.619. The maximum atomic E-state index is 12.6. The molecule has 0 unspecified atom stereocenters. The maximum Gasteiger partial charge on any atom is 0.263 e. The molecule has 1 aliphatic heterocycles. The Labute approximate surface area is 145 Å². The standard InChI is InChI=1S/C16H22BrClN2O2/c1-10(19)12-4-3-7-20(9-12)16(21)11(2)22-15-6-5-13(18)8-14(15)17/h5-6,8,10-12H,3-4,7,9,19H2,1-2H3/t10-,11-,12-/m0/s1. The normalized spacial score (nSPS) is 21.3. The Morgan fingerprint density at radius 1 is 1.50 bits per heavy atom. The largest absolute Gasteiger partial charge is 0.480 e. The summed E-state index contributed by atoms with van der Waals surface area (Å²) in [5.41, 5.74) is 5.98. The molecule has 0 saturated carbocycles. The Morgan fingerprint density at radius 3 is 2.86 bits per heavy atom. The molecule has 3 atom stereocenters. The second-order valence-electron chi connectivity index (χ2n) is 5.88. The monoisotopic (exact) mass is 388 g/mol. The van der Waals surface area contributed by atoms with Crippen molar-refractivity contribution in [1.29, 1.82) is 0 Å². The lowest BCUT2D eigenvalue weighted by Gasteiger charge is -2.35. The molecule has 1 aromatic carbocycles. The lowest BCUT2D eigenvalue weighted by Crippen LogP contribution is -2.48. The average molecular weight is 390 g/mol. The van der Waals surface area contributed by atoms with E-state index in [2.05, 4.69) is 15.9 Å². The number of piperidine rings is 1. The Balaban J connectivity index is 1.99. The molecule has 2 N–H and O–H groups in total. The van der Waals surface area contributed by atoms with Gasteiger partial charge in [0.2, 0.25) is 0 Å². The van der Waals surface area contributed by atoms with Gasteiger partial charge in [0.05, 0.1) is 4.47 Å². The topological polar surface area (TPSA) is 55.6 Å². The van der Waals surface area contributed by atoms with Crippen LogP contribution in [0.25, 0.3) is 0 Å². The van der Waals surface area contributed by atoms with Crippen molar-refractivity contribution in [2.75, 3.05) is 13.1 Å². The Hall–Kier alpha value is -0.780. The number of ether oxygens (including phenoxy) is 1. The zero-order valence-electron chi connectivity index (χ0n) is 12.9. The molecule has 0 aromatic heterocycles. The van der Waals surface area contributed by atoms with Crippen LogP contribution >= 0.6 is 27.5 Å². The molecule has 2 rings (SSSR count). The fourth-order valence-electron chi connectivity index (χ4n) is 2.71. The van der Waals surface area contributed by atoms with Crippen molar-refractivity contribution < 1.29 is 9.53 Å². The van der Waals surface area contributed by atoms with Crippen molar-refractivity contribution in [3.05, 3.63) is 27.7 Å². The zero-order valence-corrected chi connectivity index (χ0v) is 15.2. The second-order valence-corrected chi connectivity index (χ2v) is 7.17. The van der Waals surface area contributed by atoms with Gasteiger partial charge in [-0.1, -0.05) is 11.6 Å². The van der Waals surface area contributed by atoms with E-state index in [0.29, 0.717) is 23.2 Å². The molecule has 1 fully saturated rings. The summed E-state index contributed by atoms with van der Waals surface area (Å²) in [6.45, 7) is 5.27. The summed E-state index contributed by atoms with van der Waals surface area (Å²) in [7, 11) is 0. The highest BCUT2D eigenvalue weighted by Crippen LogP contribution is 2.29. The van der Waals surface area contributed by atoms with Crippen LogP contribution in [0.1, 0.15) is 26.7 Å². The second kappa shape index (κ2) is 7.66. The first-order valence-electron chi connectivity index (χ1n) is 7.54. The highest BCUT2D eigenvalue weighted by atomic mass is 79.9. The zero-order chi connectivity index (χ0) is 16.3. The number of nitrogens with two attached hydrogens (primary N) is 1. The molecule has 0 radical (unpaired) electrons. The van der Waals surface area contributed by atoms with Gasteiger partial charge in [-0.05, 0) is 66.7 Å². The van der Waals surface area contributed by atoms with Crippen LogP contribution in [0.3, 0.4) is 0 Å². The fourth-order valence-corrected chi connectivity index (χ4v) is 3.48. The van der Waals surface area contributed by atoms with Crippen molar-refractivity contribution in [2.45, 2.75) is 38.8 Å². The van der Waals surface area contributed by atoms with Gasteiger partial charge in [-0.15, -0.1) is 0 Å². The smallest absolute Gasteiger partial charge is 0.263 e. The summed E-state index contributed by atoms with van der Waals surface area (Å²) in [6, 6.07) is 5.36. The number of carbonyl (C=O) groups excluding carboxylic acids is 1. The van der Waals surface area contributed by atoms with Crippen LogP contribution in [0.5, 0.6) is 5.75 Å². The van der Waals surface area contributed by atoms with E-state index in [1.165, 1.54) is 0 Å². The number of hydrogen-bond donors (Lipinski definition) is 1. The lowest BCUT2D eigenvalue weighted by molar-refractivity contribution is -0.139. The van der Waals surface area contributed by atoms with Crippen LogP contribution in [-0.4, -0.2) is 36.0 Å². The first-order chi connectivity index (χ1) is 10.4. The van der Waals surface area contributed by atoms with Gasteiger partial charge < -0.3 is 15.4 Å². The average Bonchev–Trinajstić information content (AvgIpc) is 2.49. The van der Waals surface area contributed by atoms with Gasteiger partial charge in [-0.25, -0.2) is 0 Å². The van der Waals surface area contributed by atoms with E-state index < -0.39 is 6.10 Å². The third kappa shape index (κ3) is 4.37. The van der Waals surface area contributed by atoms with E-state index in [1.807, 2.05) is 11.8 Å². The van der Waals surface area contributed by atoms with Gasteiger partial charge in [0.15, 0.2) is 6.10 Å². The van der Waals surface area contributed by atoms with E-state index in [9.17, 15) is 4.79 Å². The lowest BCUT2D eigenvalue weighted by atomic mass is 9.92. The number of rotatable bonds is 4. The number of nitrogens with zero attached hydrogens (tertiary/aromatic N) is 1. The number of benzene rings is 1. The quantitative estimate of drug-likeness (QED) is 0.858. The van der Waals surface area contributed by atoms with Crippen molar-refractivity contribution >= 4 is 33.4 Å². The molecule has 6 heteroatoms. The van der Waals surface area contributed by atoms with Crippen molar-refractivity contribution in [2.24, 2.45) is 11.7 Å². The minimum atomic E-state index is -0.538. The van der Waals surface area contributed by atoms with Crippen LogP contribution in [0.4, 0.5) is 0 Å². The first kappa shape index (κ1) is 17.6. The molecule has 1 aliphatic rings. The van der Waals surface area contributed by atoms with Crippen LogP contribution in [-0.2, 0) is 4.79 Å². The summed E-state index contributed by atoms with van der Waals surface area (Å²) in [6.07, 6.45) is 1.54. The molecule has 122 valence electrons. The summed E-state index contributed by atoms with van der Waals surface area (Å²) in [5.74, 6) is 0.991. The number of hydrogen-bond acceptors (Lipinski definition) is 3. The van der Waals surface area contributed by atoms with Gasteiger partial charge >= 0.3 is 0 Å². The molecule has 1 aromatic rings. The summed E-state index contributed by atoms with van der Waals surface area (Å²) >= 11 is 9.31. The van der Waals surface area contributed by atoms with E-state index in [0.717, 1.165) is 23.9 Å². The van der Waals surface area contributed by atoms with Crippen molar-refractivity contribution in [1.82, 2.24) is 4.90 Å². The molecule has 0 spiro atoms. The SMILES string of the molecule is C[C@H](Oc1ccc(Cl)cc1Br)C(=O)N1CCC[C@H]([C@H](C)N)C1. The fraction of sp³-hybridized carbons (Fsp3) is 0.562. The minimum absolute atomic E-state index is 0.00667. The Kier molecular flexibility index (Phi) is 6.12. The predicted molar refractivity (Wildman–Crippen MR) is 92.2 cm³/mol. The Morgan fingerprint density at radius 2 is 2.23 bits per heavy atom. The van der Waals surface area contributed by atoms with Gasteiger partial charge in [0, 0.05) is 24.2 Å². The van der Waals surface area contributed by atoms with E-state index in [1.54, 1.807) is 25.1 Å². The third-order valence-electron chi connectivity index (χ3n) is 4.06. The predicted octanol–water partition coefficient (Wildman–Crippen LogP) is 3.46. The van der Waals surface area contributed by atoms with E-state index in [-0.39, 0.29) is 11.9 Å². The highest BCUT2D eigenvalue weighted by molar-refractivity contribution is 9.10. The molecule has 4 nitrogen and oxygen atoms in total. The molecule has 1 amide bonds. The highest BCUT2D eigenvalue weighted by Gasteiger charge is 2.29. The van der Waals surface area contributed by atoms with E-state index in [4.69, 9.17) is 22.1 Å². The molecule has 22 heavy (non-hydrogen) atoms. The number of halogens is 2. The summed E-state index contributed by atoms with van der Waals surface area (Å²) in [4.78, 5) is 14.4. The number of amides is 1. The minimum Gasteiger partial charge on any atom is -0.480 e. The van der Waals surface area contributed by atoms with Crippen molar-refractivity contribution in [3.63, 3.8) is 0 Å². The van der Waals surface area contributed by atoms with Crippen LogP contribution in [0, 0.1) is 5.92 Å². The van der Waals surface area contributed by atoms with Crippen LogP contribution in [0.2, 0.25) is 5.02 Å². The number of likely N-dealkylation sites (tertiary alicyclic amines) is 1. The van der Waals surface area contributed by atoms with Gasteiger partial charge in [-0.2, -0.15) is 0 Å². The van der Waals surface area contributed by atoms with Crippen molar-refractivity contribution in [3.8, 4) is 5.75 Å². The third-order valence-corrected chi connectivity index (χ3v) is 4.91. The molecule has 0 bridgehead atoms. The molecule has 1 saturated heterocycles. The first-order valence-corrected chi connectivity index (χ1v) is 8.71. The molecule has 0 aliphatic carbocycles. The van der Waals surface area contributed by atoms with E-state index >= 15 is 0 Å². The molecular weight excluding hydrogens is 368 g/mol. The van der Waals surface area contributed by atoms with Gasteiger partial charge in [0.25, 0.3) is 5.91 Å². The maximum absolute atomic E-state index is 12.6.